The highest BCUT2D eigenvalue weighted by Crippen LogP contribution is 2.43. The molecule has 0 aromatic heterocycles. The summed E-state index contributed by atoms with van der Waals surface area (Å²) in [5.74, 6) is 1.36. The Labute approximate surface area is 202 Å². The first-order valence-corrected chi connectivity index (χ1v) is 12.1. The monoisotopic (exact) mass is 467 g/mol. The molecule has 34 heavy (non-hydrogen) atoms. The zero-order valence-corrected chi connectivity index (χ0v) is 20.5. The summed E-state index contributed by atoms with van der Waals surface area (Å²) in [7, 11) is 3.09. The SMILES string of the molecule is CCNCc1cc(CCC=CC(=O)C2(Cc3ccc(O)c(OC)c3)CCCC2)cc(OC)c1O. The number of allylic oxidation sites excluding steroid dienone is 2. The molecule has 3 N–H and O–H groups in total. The number of phenols is 2. The molecule has 0 bridgehead atoms. The van der Waals surface area contributed by atoms with Crippen molar-refractivity contribution in [3.8, 4) is 23.0 Å². The topological polar surface area (TPSA) is 88.0 Å². The van der Waals surface area contributed by atoms with Crippen LogP contribution in [-0.2, 0) is 24.2 Å². The van der Waals surface area contributed by atoms with Gasteiger partial charge >= 0.3 is 0 Å². The first kappa shape index (κ1) is 25.6. The van der Waals surface area contributed by atoms with Crippen LogP contribution in [0.3, 0.4) is 0 Å². The van der Waals surface area contributed by atoms with E-state index in [0.717, 1.165) is 61.8 Å². The minimum Gasteiger partial charge on any atom is -0.504 e. The van der Waals surface area contributed by atoms with Gasteiger partial charge in [0, 0.05) is 17.5 Å². The lowest BCUT2D eigenvalue weighted by atomic mass is 9.76. The number of methoxy groups -OCH3 is 2. The van der Waals surface area contributed by atoms with Crippen molar-refractivity contribution in [1.29, 1.82) is 0 Å². The van der Waals surface area contributed by atoms with E-state index in [4.69, 9.17) is 9.47 Å². The van der Waals surface area contributed by atoms with Gasteiger partial charge in [-0.25, -0.2) is 0 Å². The zero-order valence-electron chi connectivity index (χ0n) is 20.5. The molecule has 0 aliphatic heterocycles. The molecule has 0 saturated heterocycles. The maximum absolute atomic E-state index is 13.3. The highest BCUT2D eigenvalue weighted by molar-refractivity contribution is 5.95. The molecule has 1 aliphatic rings. The average molecular weight is 468 g/mol. The van der Waals surface area contributed by atoms with Gasteiger partial charge < -0.3 is 25.0 Å². The average Bonchev–Trinajstić information content (AvgIpc) is 3.32. The summed E-state index contributed by atoms with van der Waals surface area (Å²) >= 11 is 0. The first-order chi connectivity index (χ1) is 16.4. The van der Waals surface area contributed by atoms with Gasteiger partial charge in [0.15, 0.2) is 28.8 Å². The number of ether oxygens (including phenoxy) is 2. The molecular formula is C28H37NO5. The Hall–Kier alpha value is -2.99. The fourth-order valence-corrected chi connectivity index (χ4v) is 4.83. The molecule has 2 aromatic rings. The van der Waals surface area contributed by atoms with Crippen molar-refractivity contribution in [1.82, 2.24) is 5.32 Å². The number of aryl methyl sites for hydroxylation is 1. The van der Waals surface area contributed by atoms with Crippen molar-refractivity contribution in [3.63, 3.8) is 0 Å². The summed E-state index contributed by atoms with van der Waals surface area (Å²) in [6.45, 7) is 3.41. The Bertz CT molecular complexity index is 1010. The third kappa shape index (κ3) is 6.11. The molecule has 0 radical (unpaired) electrons. The van der Waals surface area contributed by atoms with Crippen LogP contribution < -0.4 is 14.8 Å². The van der Waals surface area contributed by atoms with E-state index in [1.807, 2.05) is 37.3 Å². The fourth-order valence-electron chi connectivity index (χ4n) is 4.83. The zero-order chi connectivity index (χ0) is 24.6. The van der Waals surface area contributed by atoms with Crippen LogP contribution >= 0.6 is 0 Å². The molecule has 0 heterocycles. The molecule has 6 nitrogen and oxygen atoms in total. The standard InChI is InChI=1S/C28H37NO5/c1-4-29-19-22-15-20(16-25(34-3)27(22)32)9-5-6-10-26(31)28(13-7-8-14-28)18-21-11-12-23(30)24(17-21)33-2/h6,10-12,15-17,29-30,32H,4-5,7-9,13-14,18-19H2,1-3H3. The summed E-state index contributed by atoms with van der Waals surface area (Å²) in [6, 6.07) is 9.19. The molecule has 3 rings (SSSR count). The van der Waals surface area contributed by atoms with Crippen LogP contribution in [0.2, 0.25) is 0 Å². The van der Waals surface area contributed by atoms with Crippen molar-refractivity contribution in [2.45, 2.75) is 58.4 Å². The van der Waals surface area contributed by atoms with Crippen molar-refractivity contribution in [2.24, 2.45) is 5.41 Å². The van der Waals surface area contributed by atoms with Gasteiger partial charge in [-0.05, 0) is 74.1 Å². The number of aromatic hydroxyl groups is 2. The third-order valence-corrected chi connectivity index (χ3v) is 6.74. The Morgan fingerprint density at radius 2 is 1.76 bits per heavy atom. The summed E-state index contributed by atoms with van der Waals surface area (Å²) < 4.78 is 10.6. The summed E-state index contributed by atoms with van der Waals surface area (Å²) in [5.41, 5.74) is 2.48. The number of hydrogen-bond donors (Lipinski definition) is 3. The number of phenolic OH excluding ortho intramolecular Hbond substituents is 2. The second-order valence-electron chi connectivity index (χ2n) is 9.06. The molecular weight excluding hydrogens is 430 g/mol. The van der Waals surface area contributed by atoms with Gasteiger partial charge in [-0.3, -0.25) is 4.79 Å². The molecule has 184 valence electrons. The van der Waals surface area contributed by atoms with Crippen LogP contribution in [0.4, 0.5) is 0 Å². The number of nitrogens with one attached hydrogen (secondary N) is 1. The summed E-state index contributed by atoms with van der Waals surface area (Å²) in [6.07, 6.45) is 9.70. The summed E-state index contributed by atoms with van der Waals surface area (Å²) in [5, 5.41) is 23.5. The predicted octanol–water partition coefficient (Wildman–Crippen LogP) is 5.09. The van der Waals surface area contributed by atoms with Gasteiger partial charge in [0.25, 0.3) is 0 Å². The molecule has 0 amide bonds. The van der Waals surface area contributed by atoms with E-state index >= 15 is 0 Å². The van der Waals surface area contributed by atoms with Gasteiger partial charge in [0.05, 0.1) is 14.2 Å². The van der Waals surface area contributed by atoms with Crippen molar-refractivity contribution in [3.05, 3.63) is 59.2 Å². The van der Waals surface area contributed by atoms with E-state index in [1.54, 1.807) is 19.3 Å². The minimum absolute atomic E-state index is 0.109. The van der Waals surface area contributed by atoms with E-state index in [-0.39, 0.29) is 22.7 Å². The van der Waals surface area contributed by atoms with Crippen LogP contribution in [0.1, 0.15) is 55.7 Å². The maximum atomic E-state index is 13.3. The first-order valence-electron chi connectivity index (χ1n) is 12.1. The van der Waals surface area contributed by atoms with Gasteiger partial charge in [-0.2, -0.15) is 0 Å². The lowest BCUT2D eigenvalue weighted by molar-refractivity contribution is -0.123. The van der Waals surface area contributed by atoms with Crippen LogP contribution in [0.5, 0.6) is 23.0 Å². The normalized spacial score (nSPS) is 15.0. The van der Waals surface area contributed by atoms with E-state index in [1.165, 1.54) is 7.11 Å². The Kier molecular flexibility index (Phi) is 8.99. The van der Waals surface area contributed by atoms with E-state index in [2.05, 4.69) is 5.32 Å². The smallest absolute Gasteiger partial charge is 0.162 e. The van der Waals surface area contributed by atoms with Gasteiger partial charge in [-0.1, -0.05) is 38.0 Å². The Morgan fingerprint density at radius 1 is 1.06 bits per heavy atom. The quantitative estimate of drug-likeness (QED) is 0.377. The molecule has 1 saturated carbocycles. The van der Waals surface area contributed by atoms with Crippen molar-refractivity contribution >= 4 is 5.78 Å². The van der Waals surface area contributed by atoms with Crippen LogP contribution in [0.25, 0.3) is 0 Å². The van der Waals surface area contributed by atoms with Crippen LogP contribution in [0, 0.1) is 5.41 Å². The maximum Gasteiger partial charge on any atom is 0.162 e. The largest absolute Gasteiger partial charge is 0.504 e. The van der Waals surface area contributed by atoms with Crippen molar-refractivity contribution < 1.29 is 24.5 Å². The van der Waals surface area contributed by atoms with Gasteiger partial charge in [0.2, 0.25) is 0 Å². The van der Waals surface area contributed by atoms with Crippen molar-refractivity contribution in [2.75, 3.05) is 20.8 Å². The molecule has 6 heteroatoms. The number of benzene rings is 2. The Balaban J connectivity index is 1.67. The van der Waals surface area contributed by atoms with Crippen LogP contribution in [0.15, 0.2) is 42.5 Å². The third-order valence-electron chi connectivity index (χ3n) is 6.74. The lowest BCUT2D eigenvalue weighted by Crippen LogP contribution is -2.29. The molecule has 0 unspecified atom stereocenters. The second-order valence-corrected chi connectivity index (χ2v) is 9.06. The lowest BCUT2D eigenvalue weighted by Gasteiger charge is -2.26. The number of carbonyl (C=O) groups excluding carboxylic acids is 1. The number of hydrogen-bond acceptors (Lipinski definition) is 6. The molecule has 1 aliphatic carbocycles. The molecule has 2 aromatic carbocycles. The van der Waals surface area contributed by atoms with E-state index < -0.39 is 0 Å². The number of ketones is 1. The highest BCUT2D eigenvalue weighted by Gasteiger charge is 2.39. The number of rotatable bonds is 12. The number of carbonyl (C=O) groups is 1. The summed E-state index contributed by atoms with van der Waals surface area (Å²) in [4.78, 5) is 13.3. The molecule has 0 atom stereocenters. The second kappa shape index (κ2) is 11.9. The van der Waals surface area contributed by atoms with Gasteiger partial charge in [-0.15, -0.1) is 0 Å². The minimum atomic E-state index is -0.390. The molecule has 0 spiro atoms. The van der Waals surface area contributed by atoms with E-state index in [0.29, 0.717) is 24.5 Å². The fraction of sp³-hybridized carbons (Fsp3) is 0.464. The van der Waals surface area contributed by atoms with Gasteiger partial charge in [0.1, 0.15) is 0 Å². The van der Waals surface area contributed by atoms with Crippen LogP contribution in [-0.4, -0.2) is 36.8 Å². The van der Waals surface area contributed by atoms with E-state index in [9.17, 15) is 15.0 Å². The predicted molar refractivity (Wildman–Crippen MR) is 134 cm³/mol. The molecule has 1 fully saturated rings. The Morgan fingerprint density at radius 3 is 2.44 bits per heavy atom. The highest BCUT2D eigenvalue weighted by atomic mass is 16.5.